The maximum atomic E-state index is 5.86. The molecule has 0 bridgehead atoms. The van der Waals surface area contributed by atoms with E-state index < -0.39 is 0 Å². The van der Waals surface area contributed by atoms with E-state index in [0.717, 1.165) is 49.0 Å². The average molecular weight is 323 g/mol. The van der Waals surface area contributed by atoms with Crippen LogP contribution in [0.1, 0.15) is 0 Å². The van der Waals surface area contributed by atoms with Gasteiger partial charge in [-0.2, -0.15) is 0 Å². The van der Waals surface area contributed by atoms with E-state index in [9.17, 15) is 0 Å². The van der Waals surface area contributed by atoms with Crippen LogP contribution >= 0.6 is 0 Å². The first-order valence-electron chi connectivity index (χ1n) is 8.23. The summed E-state index contributed by atoms with van der Waals surface area (Å²) in [6.45, 7) is 3.29. The molecule has 0 spiro atoms. The predicted molar refractivity (Wildman–Crippen MR) is 92.5 cm³/mol. The van der Waals surface area contributed by atoms with Crippen LogP contribution in [-0.4, -0.2) is 44.9 Å². The Balaban J connectivity index is 1.76. The summed E-state index contributed by atoms with van der Waals surface area (Å²) in [5.41, 5.74) is 3.08. The predicted octanol–water partition coefficient (Wildman–Crippen LogP) is 1.94. The van der Waals surface area contributed by atoms with Gasteiger partial charge in [0.25, 0.3) is 0 Å². The quantitative estimate of drug-likeness (QED) is 0.797. The van der Waals surface area contributed by atoms with Gasteiger partial charge in [-0.1, -0.05) is 30.3 Å². The first kappa shape index (κ1) is 15.1. The van der Waals surface area contributed by atoms with Crippen molar-refractivity contribution in [2.75, 3.05) is 19.7 Å². The van der Waals surface area contributed by atoms with E-state index in [1.54, 1.807) is 0 Å². The zero-order valence-electron chi connectivity index (χ0n) is 13.7. The molecular weight excluding hydrogens is 302 g/mol. The van der Waals surface area contributed by atoms with Crippen molar-refractivity contribution in [3.05, 3.63) is 49.1 Å². The molecule has 3 aromatic rings. The summed E-state index contributed by atoms with van der Waals surface area (Å²) in [6.07, 6.45) is 5.82. The number of benzene rings is 1. The lowest BCUT2D eigenvalue weighted by Gasteiger charge is -2.24. The van der Waals surface area contributed by atoms with E-state index in [0.29, 0.717) is 0 Å². The van der Waals surface area contributed by atoms with E-state index in [2.05, 4.69) is 32.0 Å². The third-order valence-electron chi connectivity index (χ3n) is 4.32. The van der Waals surface area contributed by atoms with Gasteiger partial charge >= 0.3 is 0 Å². The topological polar surface area (TPSA) is 56.9 Å². The van der Waals surface area contributed by atoms with Gasteiger partial charge in [0.2, 0.25) is 0 Å². The number of nitrogens with zero attached hydrogens (tertiary/aromatic N) is 4. The summed E-state index contributed by atoms with van der Waals surface area (Å²) >= 11 is 0. The maximum Gasteiger partial charge on any atom is 0.158 e. The highest BCUT2D eigenvalue weighted by Gasteiger charge is 2.21. The summed E-state index contributed by atoms with van der Waals surface area (Å²) in [6, 6.07) is 10.2. The minimum Gasteiger partial charge on any atom is -0.374 e. The fourth-order valence-electron chi connectivity index (χ4n) is 3.11. The fourth-order valence-corrected chi connectivity index (χ4v) is 3.11. The van der Waals surface area contributed by atoms with Crippen LogP contribution in [0, 0.1) is 0 Å². The molecule has 1 N–H and O–H groups in total. The molecule has 24 heavy (non-hydrogen) atoms. The van der Waals surface area contributed by atoms with Crippen molar-refractivity contribution in [1.29, 1.82) is 0 Å². The molecule has 0 saturated carbocycles. The van der Waals surface area contributed by atoms with Crippen LogP contribution < -0.4 is 5.32 Å². The third-order valence-corrected chi connectivity index (χ3v) is 4.32. The molecule has 1 aromatic carbocycles. The van der Waals surface area contributed by atoms with Gasteiger partial charge < -0.3 is 19.2 Å². The molecule has 1 fully saturated rings. The molecule has 0 radical (unpaired) electrons. The van der Waals surface area contributed by atoms with E-state index in [4.69, 9.17) is 4.74 Å². The molecule has 2 aromatic heterocycles. The summed E-state index contributed by atoms with van der Waals surface area (Å²) in [5.74, 6) is 0.912. The molecule has 6 nitrogen and oxygen atoms in total. The highest BCUT2D eigenvalue weighted by atomic mass is 16.5. The SMILES string of the molecule is Cn1ccnc1-c1c(-c2ccccc2)ncn1C[C@@H]1CNCCO1. The van der Waals surface area contributed by atoms with Gasteiger partial charge in [0.05, 0.1) is 31.3 Å². The molecule has 1 aliphatic heterocycles. The number of ether oxygens (including phenoxy) is 1. The van der Waals surface area contributed by atoms with Crippen molar-refractivity contribution in [3.8, 4) is 22.8 Å². The zero-order valence-corrected chi connectivity index (χ0v) is 13.7. The van der Waals surface area contributed by atoms with E-state index in [-0.39, 0.29) is 6.10 Å². The third kappa shape index (κ3) is 2.86. The van der Waals surface area contributed by atoms with Crippen LogP contribution in [0.2, 0.25) is 0 Å². The second-order valence-corrected chi connectivity index (χ2v) is 6.02. The monoisotopic (exact) mass is 323 g/mol. The van der Waals surface area contributed by atoms with Gasteiger partial charge in [0.15, 0.2) is 5.82 Å². The molecule has 0 aliphatic carbocycles. The Hall–Kier alpha value is -2.44. The Labute approximate surface area is 141 Å². The molecule has 4 rings (SSSR count). The van der Waals surface area contributed by atoms with E-state index in [1.807, 2.05) is 48.5 Å². The Morgan fingerprint density at radius 2 is 2.12 bits per heavy atom. The summed E-state index contributed by atoms with van der Waals surface area (Å²) < 4.78 is 10.0. The molecule has 124 valence electrons. The van der Waals surface area contributed by atoms with Gasteiger partial charge in [-0.3, -0.25) is 0 Å². The molecule has 6 heteroatoms. The molecule has 0 amide bonds. The maximum absolute atomic E-state index is 5.86. The molecule has 1 atom stereocenters. The van der Waals surface area contributed by atoms with Crippen molar-refractivity contribution in [2.24, 2.45) is 7.05 Å². The first-order valence-corrected chi connectivity index (χ1v) is 8.23. The fraction of sp³-hybridized carbons (Fsp3) is 0.333. The minimum atomic E-state index is 0.149. The van der Waals surface area contributed by atoms with E-state index >= 15 is 0 Å². The Kier molecular flexibility index (Phi) is 4.15. The molecular formula is C18H21N5O. The van der Waals surface area contributed by atoms with Gasteiger partial charge in [0.1, 0.15) is 5.69 Å². The Morgan fingerprint density at radius 1 is 1.25 bits per heavy atom. The number of morpholine rings is 1. The molecule has 1 aliphatic rings. The summed E-state index contributed by atoms with van der Waals surface area (Å²) in [7, 11) is 2.01. The van der Waals surface area contributed by atoms with Gasteiger partial charge in [0, 0.05) is 38.1 Å². The molecule has 3 heterocycles. The zero-order chi connectivity index (χ0) is 16.4. The molecule has 0 unspecified atom stereocenters. The standard InChI is InChI=1S/C18H21N5O/c1-22-9-7-20-18(22)17-16(14-5-3-2-4-6-14)21-13-23(17)12-15-11-19-8-10-24-15/h2-7,9,13,15,19H,8,10-12H2,1H3/t15-/m0/s1. The largest absolute Gasteiger partial charge is 0.374 e. The number of aromatic nitrogens is 4. The number of nitrogens with one attached hydrogen (secondary N) is 1. The van der Waals surface area contributed by atoms with Crippen molar-refractivity contribution >= 4 is 0 Å². The second-order valence-electron chi connectivity index (χ2n) is 6.02. The average Bonchev–Trinajstić information content (AvgIpc) is 3.22. The highest BCUT2D eigenvalue weighted by Crippen LogP contribution is 2.30. The minimum absolute atomic E-state index is 0.149. The van der Waals surface area contributed by atoms with Crippen LogP contribution in [0.4, 0.5) is 0 Å². The Morgan fingerprint density at radius 3 is 2.83 bits per heavy atom. The lowest BCUT2D eigenvalue weighted by Crippen LogP contribution is -2.40. The van der Waals surface area contributed by atoms with Crippen LogP contribution in [0.3, 0.4) is 0 Å². The number of imidazole rings is 2. The summed E-state index contributed by atoms with van der Waals surface area (Å²) in [4.78, 5) is 9.23. The van der Waals surface area contributed by atoms with Crippen LogP contribution in [0.5, 0.6) is 0 Å². The number of aryl methyl sites for hydroxylation is 1. The second kappa shape index (κ2) is 6.59. The Bertz CT molecular complexity index is 802. The number of hydrogen-bond acceptors (Lipinski definition) is 4. The normalized spacial score (nSPS) is 18.0. The van der Waals surface area contributed by atoms with E-state index in [1.165, 1.54) is 0 Å². The lowest BCUT2D eigenvalue weighted by molar-refractivity contribution is 0.0184. The van der Waals surface area contributed by atoms with Gasteiger partial charge in [-0.25, -0.2) is 9.97 Å². The van der Waals surface area contributed by atoms with Crippen molar-refractivity contribution in [1.82, 2.24) is 24.4 Å². The van der Waals surface area contributed by atoms with Crippen LogP contribution in [-0.2, 0) is 18.3 Å². The van der Waals surface area contributed by atoms with Gasteiger partial charge in [-0.05, 0) is 0 Å². The van der Waals surface area contributed by atoms with Crippen molar-refractivity contribution < 1.29 is 4.74 Å². The number of hydrogen-bond donors (Lipinski definition) is 1. The van der Waals surface area contributed by atoms with Crippen molar-refractivity contribution in [2.45, 2.75) is 12.6 Å². The molecule has 1 saturated heterocycles. The summed E-state index contributed by atoms with van der Waals surface area (Å²) in [5, 5.41) is 3.38. The van der Waals surface area contributed by atoms with Crippen LogP contribution in [0.15, 0.2) is 49.1 Å². The smallest absolute Gasteiger partial charge is 0.158 e. The van der Waals surface area contributed by atoms with Crippen LogP contribution in [0.25, 0.3) is 22.8 Å². The lowest BCUT2D eigenvalue weighted by atomic mass is 10.1. The number of rotatable bonds is 4. The van der Waals surface area contributed by atoms with Gasteiger partial charge in [-0.15, -0.1) is 0 Å². The van der Waals surface area contributed by atoms with Crippen molar-refractivity contribution in [3.63, 3.8) is 0 Å². The first-order chi connectivity index (χ1) is 11.8. The highest BCUT2D eigenvalue weighted by molar-refractivity contribution is 5.75.